The van der Waals surface area contributed by atoms with Gasteiger partial charge in [0.25, 0.3) is 0 Å². The van der Waals surface area contributed by atoms with Gasteiger partial charge in [-0.2, -0.15) is 0 Å². The number of aromatic nitrogens is 2. The Kier molecular flexibility index (Phi) is 7.10. The predicted octanol–water partition coefficient (Wildman–Crippen LogP) is 10.7. The topological polar surface area (TPSA) is 9.86 Å². The van der Waals surface area contributed by atoms with Crippen molar-refractivity contribution in [3.8, 4) is 5.69 Å². The number of rotatable bonds is 6. The molecule has 2 aliphatic carbocycles. The Hall–Kier alpha value is -5.64. The minimum absolute atomic E-state index is 0.285. The molecule has 0 amide bonds. The SMILES string of the molecule is CC1(C)C2CCC1(C)C(n1c3ccccc3c3cc(-n4c5ccccc5c5cc([Si](c6ccccc6)(c6ccccc6)c6ccccc6)ccc54)ccc31)C2. The van der Waals surface area contributed by atoms with Crippen LogP contribution in [0.5, 0.6) is 0 Å². The van der Waals surface area contributed by atoms with Crippen LogP contribution in [-0.2, 0) is 0 Å². The zero-order chi connectivity index (χ0) is 36.9. The summed E-state index contributed by atoms with van der Waals surface area (Å²) in [4.78, 5) is 0. The van der Waals surface area contributed by atoms with Gasteiger partial charge in [-0.3, -0.25) is 0 Å². The van der Waals surface area contributed by atoms with E-state index in [1.807, 2.05) is 0 Å². The van der Waals surface area contributed by atoms with E-state index >= 15 is 0 Å². The van der Waals surface area contributed by atoms with Gasteiger partial charge >= 0.3 is 0 Å². The summed E-state index contributed by atoms with van der Waals surface area (Å²) in [6.07, 6.45) is 3.95. The van der Waals surface area contributed by atoms with Gasteiger partial charge in [0.2, 0.25) is 0 Å². The molecule has 2 saturated carbocycles. The van der Waals surface area contributed by atoms with Crippen molar-refractivity contribution >= 4 is 72.4 Å². The second kappa shape index (κ2) is 11.9. The Morgan fingerprint density at radius 3 is 1.55 bits per heavy atom. The number of nitrogens with zero attached hydrogens (tertiary/aromatic N) is 2. The van der Waals surface area contributed by atoms with Gasteiger partial charge in [0.05, 0.1) is 11.0 Å². The van der Waals surface area contributed by atoms with Gasteiger partial charge in [0.15, 0.2) is 8.07 Å². The first-order valence-corrected chi connectivity index (χ1v) is 22.1. The summed E-state index contributed by atoms with van der Waals surface area (Å²) in [5, 5.41) is 10.9. The fourth-order valence-electron chi connectivity index (χ4n) is 11.6. The van der Waals surface area contributed by atoms with Crippen LogP contribution in [0.1, 0.15) is 46.1 Å². The molecule has 2 aliphatic rings. The summed E-state index contributed by atoms with van der Waals surface area (Å²) in [6, 6.07) is 67.1. The molecule has 7 aromatic carbocycles. The molecule has 0 aliphatic heterocycles. The third kappa shape index (κ3) is 4.42. The normalized spacial score (nSPS) is 20.6. The van der Waals surface area contributed by atoms with E-state index in [1.54, 1.807) is 0 Å². The van der Waals surface area contributed by atoms with Crippen molar-refractivity contribution < 1.29 is 0 Å². The molecular weight excluding hydrogens is 681 g/mol. The van der Waals surface area contributed by atoms with Crippen molar-refractivity contribution in [3.63, 3.8) is 0 Å². The van der Waals surface area contributed by atoms with Gasteiger partial charge in [-0.15, -0.1) is 0 Å². The van der Waals surface area contributed by atoms with Crippen molar-refractivity contribution in [2.45, 2.75) is 46.1 Å². The van der Waals surface area contributed by atoms with Crippen molar-refractivity contribution in [2.24, 2.45) is 16.7 Å². The van der Waals surface area contributed by atoms with Gasteiger partial charge < -0.3 is 9.13 Å². The van der Waals surface area contributed by atoms with Gasteiger partial charge in [0.1, 0.15) is 0 Å². The van der Waals surface area contributed by atoms with E-state index in [0.29, 0.717) is 11.5 Å². The molecule has 2 aromatic heterocycles. The van der Waals surface area contributed by atoms with Gasteiger partial charge in [0, 0.05) is 44.3 Å². The van der Waals surface area contributed by atoms with Crippen LogP contribution in [0, 0.1) is 16.7 Å². The molecule has 3 heteroatoms. The van der Waals surface area contributed by atoms with Gasteiger partial charge in [-0.25, -0.2) is 0 Å². The summed E-state index contributed by atoms with van der Waals surface area (Å²) >= 11 is 0. The van der Waals surface area contributed by atoms with Crippen molar-refractivity contribution in [1.82, 2.24) is 9.13 Å². The van der Waals surface area contributed by atoms with Crippen LogP contribution in [0.3, 0.4) is 0 Å². The minimum atomic E-state index is -2.69. The highest BCUT2D eigenvalue weighted by Gasteiger charge is 2.62. The van der Waals surface area contributed by atoms with Gasteiger partial charge in [-0.1, -0.05) is 160 Å². The molecule has 3 unspecified atom stereocenters. The van der Waals surface area contributed by atoms with Crippen LogP contribution in [0.15, 0.2) is 176 Å². The first kappa shape index (κ1) is 32.8. The molecule has 9 aromatic rings. The monoisotopic (exact) mass is 726 g/mol. The highest BCUT2D eigenvalue weighted by molar-refractivity contribution is 7.20. The lowest BCUT2D eigenvalue weighted by Crippen LogP contribution is -2.74. The van der Waals surface area contributed by atoms with E-state index < -0.39 is 8.07 Å². The summed E-state index contributed by atoms with van der Waals surface area (Å²) < 4.78 is 5.26. The Bertz CT molecular complexity index is 2810. The van der Waals surface area contributed by atoms with E-state index in [0.717, 1.165) is 5.92 Å². The molecule has 2 heterocycles. The molecule has 3 atom stereocenters. The number of fused-ring (bicyclic) bond motifs is 8. The molecule has 55 heavy (non-hydrogen) atoms. The summed E-state index contributed by atoms with van der Waals surface area (Å²) in [5.74, 6) is 0.785. The van der Waals surface area contributed by atoms with Crippen molar-refractivity contribution in [2.75, 3.05) is 0 Å². The second-order valence-corrected chi connectivity index (χ2v) is 21.0. The molecule has 0 N–H and O–H groups in total. The standard InChI is InChI=1S/C52H46N2Si/c1-51(2)36-31-32-52(51,3)50(33-36)54-47-26-16-14-23-42(47)44-34-37(27-29-49(44)54)53-46-25-15-13-24-43(46)45-35-41(28-30-48(45)53)55(38-17-7-4-8-18-38,39-19-9-5-10-20-39)40-21-11-6-12-22-40/h4-30,34-36,50H,31-33H2,1-3H3. The van der Waals surface area contributed by atoms with E-state index in [4.69, 9.17) is 0 Å². The third-order valence-electron chi connectivity index (χ3n) is 14.7. The van der Waals surface area contributed by atoms with E-state index in [1.165, 1.54) is 89.3 Å². The molecule has 2 fully saturated rings. The number of hydrogen-bond acceptors (Lipinski definition) is 0. The fourth-order valence-corrected chi connectivity index (χ4v) is 16.3. The summed E-state index contributed by atoms with van der Waals surface area (Å²) in [5.41, 5.74) is 7.07. The average molecular weight is 727 g/mol. The molecule has 2 nitrogen and oxygen atoms in total. The average Bonchev–Trinajstić information content (AvgIpc) is 3.87. The van der Waals surface area contributed by atoms with Gasteiger partial charge in [-0.05, 0) is 93.2 Å². The summed E-state index contributed by atoms with van der Waals surface area (Å²) in [7, 11) is -2.69. The zero-order valence-electron chi connectivity index (χ0n) is 31.9. The number of benzene rings is 7. The maximum absolute atomic E-state index is 2.74. The molecule has 0 spiro atoms. The van der Waals surface area contributed by atoms with Crippen molar-refractivity contribution in [1.29, 1.82) is 0 Å². The van der Waals surface area contributed by atoms with Crippen molar-refractivity contribution in [3.05, 3.63) is 176 Å². The molecule has 11 rings (SSSR count). The predicted molar refractivity (Wildman–Crippen MR) is 236 cm³/mol. The highest BCUT2D eigenvalue weighted by atomic mass is 28.3. The third-order valence-corrected chi connectivity index (χ3v) is 19.5. The van der Waals surface area contributed by atoms with E-state index in [-0.39, 0.29) is 5.41 Å². The first-order valence-electron chi connectivity index (χ1n) is 20.1. The van der Waals surface area contributed by atoms with Crippen LogP contribution in [0.2, 0.25) is 0 Å². The Balaban J connectivity index is 1.15. The first-order chi connectivity index (χ1) is 26.9. The summed E-state index contributed by atoms with van der Waals surface area (Å²) in [6.45, 7) is 7.66. The molecule has 2 bridgehead atoms. The quantitative estimate of drug-likeness (QED) is 0.119. The molecule has 268 valence electrons. The van der Waals surface area contributed by atoms with E-state index in [2.05, 4.69) is 206 Å². The fraction of sp³-hybridized carbons (Fsp3) is 0.192. The smallest absolute Gasteiger partial charge is 0.179 e. The van der Waals surface area contributed by atoms with Crippen LogP contribution in [0.4, 0.5) is 0 Å². The Morgan fingerprint density at radius 2 is 0.964 bits per heavy atom. The lowest BCUT2D eigenvalue weighted by molar-refractivity contribution is 0.111. The van der Waals surface area contributed by atoms with Crippen LogP contribution >= 0.6 is 0 Å². The maximum atomic E-state index is 2.74. The van der Waals surface area contributed by atoms with E-state index in [9.17, 15) is 0 Å². The maximum Gasteiger partial charge on any atom is 0.179 e. The molecule has 0 saturated heterocycles. The number of hydrogen-bond donors (Lipinski definition) is 0. The highest BCUT2D eigenvalue weighted by Crippen LogP contribution is 2.70. The Labute approximate surface area is 324 Å². The number of para-hydroxylation sites is 2. The second-order valence-electron chi connectivity index (χ2n) is 17.1. The zero-order valence-corrected chi connectivity index (χ0v) is 32.9. The molecular formula is C52H46N2Si. The lowest BCUT2D eigenvalue weighted by atomic mass is 9.69. The van der Waals surface area contributed by atoms with Crippen LogP contribution in [0.25, 0.3) is 49.3 Å². The molecule has 0 radical (unpaired) electrons. The largest absolute Gasteiger partial charge is 0.337 e. The minimum Gasteiger partial charge on any atom is -0.337 e. The Morgan fingerprint density at radius 1 is 0.473 bits per heavy atom. The lowest BCUT2D eigenvalue weighted by Gasteiger charge is -2.40. The van der Waals surface area contributed by atoms with Crippen LogP contribution < -0.4 is 20.7 Å². The van der Waals surface area contributed by atoms with Crippen LogP contribution in [-0.4, -0.2) is 17.2 Å².